The normalized spacial score (nSPS) is 14.2. The summed E-state index contributed by atoms with van der Waals surface area (Å²) in [6.45, 7) is 20.0. The van der Waals surface area contributed by atoms with Crippen molar-refractivity contribution in [3.8, 4) is 27.9 Å². The minimum absolute atomic E-state index is 0.215. The number of aromatic nitrogens is 1. The van der Waals surface area contributed by atoms with Crippen molar-refractivity contribution < 1.29 is 9.47 Å². The lowest BCUT2D eigenvalue weighted by Gasteiger charge is -2.28. The SMILES string of the molecule is C=C/C(=C\C=C/C)c1ccc(N(c2ccc(-c3ccc4c(c3)c3ccccc3n4-c3ccccc3)cc2)c2ccc3c(c2)C(C)(C)c2cc(C4OCCO4)ccc2-3)cc1.CC.CC. The molecule has 4 heteroatoms. The van der Waals surface area contributed by atoms with Crippen LogP contribution in [0.5, 0.6) is 0 Å². The van der Waals surface area contributed by atoms with Gasteiger partial charge in [-0.05, 0) is 124 Å². The van der Waals surface area contributed by atoms with E-state index in [1.807, 2.05) is 46.8 Å². The van der Waals surface area contributed by atoms with Crippen molar-refractivity contribution in [1.82, 2.24) is 4.57 Å². The molecule has 0 unspecified atom stereocenters. The first-order valence-corrected chi connectivity index (χ1v) is 22.5. The number of hydrogen-bond donors (Lipinski definition) is 0. The van der Waals surface area contributed by atoms with Gasteiger partial charge in [-0.15, -0.1) is 0 Å². The predicted octanol–water partition coefficient (Wildman–Crippen LogP) is 16.5. The molecule has 1 aromatic heterocycles. The number of benzene rings is 7. The maximum Gasteiger partial charge on any atom is 0.184 e. The highest BCUT2D eigenvalue weighted by Gasteiger charge is 2.37. The fourth-order valence-electron chi connectivity index (χ4n) is 9.12. The Morgan fingerprint density at radius 2 is 1.21 bits per heavy atom. The van der Waals surface area contributed by atoms with Crippen LogP contribution in [0, 0.1) is 0 Å². The molecule has 0 radical (unpaired) electrons. The zero-order valence-corrected chi connectivity index (χ0v) is 37.7. The van der Waals surface area contributed by atoms with E-state index >= 15 is 0 Å². The number of para-hydroxylation sites is 2. The average Bonchev–Trinajstić information content (AvgIpc) is 4.06. The second-order valence-corrected chi connectivity index (χ2v) is 15.9. The lowest BCUT2D eigenvalue weighted by atomic mass is 9.81. The molecule has 1 fully saturated rings. The molecule has 1 aliphatic carbocycles. The van der Waals surface area contributed by atoms with Crippen LogP contribution in [0.3, 0.4) is 0 Å². The number of ether oxygens (including phenoxy) is 2. The minimum atomic E-state index is -0.303. The van der Waals surface area contributed by atoms with Crippen LogP contribution < -0.4 is 4.90 Å². The number of hydrogen-bond acceptors (Lipinski definition) is 3. The van der Waals surface area contributed by atoms with Crippen LogP contribution in [0.1, 0.15) is 77.0 Å². The third kappa shape index (κ3) is 7.97. The standard InChI is InChI=1S/C55H46N2O2.2C2H6/c1-5-7-13-37(6-2)38-18-24-43(25-19-38)56(45-28-30-47-46-29-22-41(54-58-32-33-59-54)35-50(46)55(3,4)51(47)36-45)44-26-20-39(21-27-44)40-23-31-53-49(34-40)48-16-11-12-17-52(48)57(53)42-14-9-8-10-15-42;2*1-2/h5-31,34-36,54H,2,32-33H2,1,3-4H3;2*1-2H3/b7-5-,37-13+;;. The third-order valence-corrected chi connectivity index (χ3v) is 12.1. The molecule has 8 aromatic rings. The van der Waals surface area contributed by atoms with Gasteiger partial charge in [0.15, 0.2) is 6.29 Å². The molecule has 4 nitrogen and oxygen atoms in total. The van der Waals surface area contributed by atoms with Crippen LogP contribution in [-0.2, 0) is 14.9 Å². The number of nitrogens with zero attached hydrogens (tertiary/aromatic N) is 2. The third-order valence-electron chi connectivity index (χ3n) is 12.1. The molecule has 0 atom stereocenters. The Morgan fingerprint density at radius 3 is 1.89 bits per heavy atom. The number of fused-ring (bicyclic) bond motifs is 6. The van der Waals surface area contributed by atoms with Gasteiger partial charge in [-0.1, -0.05) is 157 Å². The summed E-state index contributed by atoms with van der Waals surface area (Å²) >= 11 is 0. The van der Waals surface area contributed by atoms with Gasteiger partial charge in [-0.2, -0.15) is 0 Å². The molecule has 1 aliphatic heterocycles. The lowest BCUT2D eigenvalue weighted by molar-refractivity contribution is -0.0441. The van der Waals surface area contributed by atoms with E-state index in [1.165, 1.54) is 55.2 Å². The van der Waals surface area contributed by atoms with Crippen molar-refractivity contribution >= 4 is 44.4 Å². The minimum Gasteiger partial charge on any atom is -0.346 e. The Bertz CT molecular complexity index is 2930. The average molecular weight is 827 g/mol. The molecule has 2 aliphatic rings. The lowest BCUT2D eigenvalue weighted by Crippen LogP contribution is -2.17. The fourth-order valence-corrected chi connectivity index (χ4v) is 9.12. The van der Waals surface area contributed by atoms with Gasteiger partial charge in [-0.25, -0.2) is 0 Å². The molecule has 0 spiro atoms. The predicted molar refractivity (Wildman–Crippen MR) is 269 cm³/mol. The summed E-state index contributed by atoms with van der Waals surface area (Å²) in [5.41, 5.74) is 17.4. The van der Waals surface area contributed by atoms with Gasteiger partial charge in [0.2, 0.25) is 0 Å². The fraction of sp³-hybridized carbons (Fsp3) is 0.186. The van der Waals surface area contributed by atoms with Crippen LogP contribution >= 0.6 is 0 Å². The van der Waals surface area contributed by atoms with Gasteiger partial charge in [0.25, 0.3) is 0 Å². The quantitative estimate of drug-likeness (QED) is 0.136. The van der Waals surface area contributed by atoms with Gasteiger partial charge in [-0.3, -0.25) is 0 Å². The first kappa shape index (κ1) is 42.9. The van der Waals surface area contributed by atoms with E-state index in [1.54, 1.807) is 0 Å². The number of anilines is 3. The van der Waals surface area contributed by atoms with E-state index in [2.05, 4.69) is 200 Å². The van der Waals surface area contributed by atoms with Crippen molar-refractivity contribution in [2.75, 3.05) is 18.1 Å². The van der Waals surface area contributed by atoms with E-state index < -0.39 is 0 Å². The molecule has 316 valence electrons. The highest BCUT2D eigenvalue weighted by atomic mass is 16.7. The second kappa shape index (κ2) is 18.7. The van der Waals surface area contributed by atoms with E-state index in [-0.39, 0.29) is 11.7 Å². The van der Waals surface area contributed by atoms with E-state index in [0.717, 1.165) is 39.4 Å². The molecule has 0 N–H and O–H groups in total. The molecule has 1 saturated heterocycles. The van der Waals surface area contributed by atoms with Crippen molar-refractivity contribution in [1.29, 1.82) is 0 Å². The molecule has 0 bridgehead atoms. The van der Waals surface area contributed by atoms with Crippen molar-refractivity contribution in [2.24, 2.45) is 0 Å². The Labute approximate surface area is 374 Å². The molecular weight excluding hydrogens is 769 g/mol. The maximum atomic E-state index is 5.89. The van der Waals surface area contributed by atoms with Gasteiger partial charge in [0.1, 0.15) is 0 Å². The van der Waals surface area contributed by atoms with E-state index in [0.29, 0.717) is 13.2 Å². The summed E-state index contributed by atoms with van der Waals surface area (Å²) in [6.07, 6.45) is 7.81. The van der Waals surface area contributed by atoms with Gasteiger partial charge in [0.05, 0.1) is 24.2 Å². The Balaban J connectivity index is 0.00000132. The van der Waals surface area contributed by atoms with E-state index in [4.69, 9.17) is 9.47 Å². The summed E-state index contributed by atoms with van der Waals surface area (Å²) in [6, 6.07) is 57.7. The summed E-state index contributed by atoms with van der Waals surface area (Å²) in [4.78, 5) is 2.37. The molecule has 63 heavy (non-hydrogen) atoms. The highest BCUT2D eigenvalue weighted by molar-refractivity contribution is 6.10. The Hall–Kier alpha value is -6.72. The maximum absolute atomic E-state index is 5.89. The van der Waals surface area contributed by atoms with Crippen LogP contribution in [0.4, 0.5) is 17.1 Å². The van der Waals surface area contributed by atoms with Crippen LogP contribution in [0.15, 0.2) is 189 Å². The first-order valence-electron chi connectivity index (χ1n) is 22.5. The zero-order valence-electron chi connectivity index (χ0n) is 37.7. The molecule has 0 saturated carbocycles. The highest BCUT2D eigenvalue weighted by Crippen LogP contribution is 2.51. The van der Waals surface area contributed by atoms with Crippen molar-refractivity contribution in [3.05, 3.63) is 211 Å². The molecule has 0 amide bonds. The molecule has 10 rings (SSSR count). The molecule has 7 aromatic carbocycles. The van der Waals surface area contributed by atoms with Crippen LogP contribution in [0.2, 0.25) is 0 Å². The van der Waals surface area contributed by atoms with E-state index in [9.17, 15) is 0 Å². The largest absolute Gasteiger partial charge is 0.346 e. The molecule has 2 heterocycles. The van der Waals surface area contributed by atoms with Crippen LogP contribution in [0.25, 0.3) is 55.3 Å². The zero-order chi connectivity index (χ0) is 44.1. The second-order valence-electron chi connectivity index (χ2n) is 15.9. The Morgan fingerprint density at radius 1 is 0.619 bits per heavy atom. The molecular formula is C59H58N2O2. The van der Waals surface area contributed by atoms with Gasteiger partial charge < -0.3 is 18.9 Å². The van der Waals surface area contributed by atoms with Gasteiger partial charge >= 0.3 is 0 Å². The monoisotopic (exact) mass is 826 g/mol. The smallest absolute Gasteiger partial charge is 0.184 e. The topological polar surface area (TPSA) is 26.6 Å². The Kier molecular flexibility index (Phi) is 12.8. The number of allylic oxidation sites excluding steroid dienone is 5. The van der Waals surface area contributed by atoms with Gasteiger partial charge in [0, 0.05) is 44.5 Å². The van der Waals surface area contributed by atoms with Crippen molar-refractivity contribution in [2.45, 2.75) is 60.2 Å². The number of rotatable bonds is 9. The summed E-state index contributed by atoms with van der Waals surface area (Å²) in [5.74, 6) is 0. The first-order chi connectivity index (χ1) is 30.9. The summed E-state index contributed by atoms with van der Waals surface area (Å²) < 4.78 is 14.1. The van der Waals surface area contributed by atoms with Crippen molar-refractivity contribution in [3.63, 3.8) is 0 Å². The summed E-state index contributed by atoms with van der Waals surface area (Å²) in [5, 5.41) is 2.49. The summed E-state index contributed by atoms with van der Waals surface area (Å²) in [7, 11) is 0. The van der Waals surface area contributed by atoms with Crippen LogP contribution in [-0.4, -0.2) is 17.8 Å².